The number of hydrogen-bond donors (Lipinski definition) is 0. The van der Waals surface area contributed by atoms with E-state index < -0.39 is 0 Å². The van der Waals surface area contributed by atoms with Crippen LogP contribution < -0.4 is 0 Å². The average molecular weight is 168 g/mol. The zero-order valence-corrected chi connectivity index (χ0v) is 7.28. The molecule has 2 heterocycles. The second-order valence-electron chi connectivity index (χ2n) is 2.44. The van der Waals surface area contributed by atoms with Crippen LogP contribution in [-0.4, -0.2) is 11.5 Å². The van der Waals surface area contributed by atoms with Crippen LogP contribution >= 0.6 is 23.5 Å². The lowest BCUT2D eigenvalue weighted by Crippen LogP contribution is -1.80. The maximum atomic E-state index is 3.99. The SMILES string of the molecule is C=C1CSC2=C1SCC2=C. The van der Waals surface area contributed by atoms with Gasteiger partial charge in [0.2, 0.25) is 0 Å². The summed E-state index contributed by atoms with van der Waals surface area (Å²) in [5, 5.41) is 0. The third kappa shape index (κ3) is 0.789. The van der Waals surface area contributed by atoms with Crippen LogP contribution in [0.15, 0.2) is 34.1 Å². The van der Waals surface area contributed by atoms with Crippen molar-refractivity contribution >= 4 is 23.5 Å². The first kappa shape index (κ1) is 6.62. The molecule has 0 aromatic heterocycles. The van der Waals surface area contributed by atoms with E-state index in [0.29, 0.717) is 0 Å². The molecular weight excluding hydrogens is 160 g/mol. The molecule has 0 radical (unpaired) electrons. The Hall–Kier alpha value is -0.0800. The van der Waals surface area contributed by atoms with Crippen molar-refractivity contribution in [2.24, 2.45) is 0 Å². The van der Waals surface area contributed by atoms with E-state index in [9.17, 15) is 0 Å². The van der Waals surface area contributed by atoms with E-state index in [4.69, 9.17) is 0 Å². The summed E-state index contributed by atoms with van der Waals surface area (Å²) in [7, 11) is 0. The molecule has 0 aromatic carbocycles. The van der Waals surface area contributed by atoms with Gasteiger partial charge in [-0.15, -0.1) is 23.5 Å². The van der Waals surface area contributed by atoms with Gasteiger partial charge in [0.25, 0.3) is 0 Å². The first-order chi connectivity index (χ1) is 4.79. The van der Waals surface area contributed by atoms with Crippen LogP contribution in [0, 0.1) is 0 Å². The molecule has 0 saturated heterocycles. The molecule has 10 heavy (non-hydrogen) atoms. The van der Waals surface area contributed by atoms with Gasteiger partial charge in [-0.1, -0.05) is 13.2 Å². The van der Waals surface area contributed by atoms with E-state index in [2.05, 4.69) is 13.2 Å². The second kappa shape index (κ2) is 2.21. The van der Waals surface area contributed by atoms with Crippen molar-refractivity contribution in [3.63, 3.8) is 0 Å². The normalized spacial score (nSPS) is 24.4. The highest BCUT2D eigenvalue weighted by Crippen LogP contribution is 2.50. The second-order valence-corrected chi connectivity index (χ2v) is 4.41. The summed E-state index contributed by atoms with van der Waals surface area (Å²) in [5.74, 6) is 2.16. The van der Waals surface area contributed by atoms with Crippen molar-refractivity contribution in [2.75, 3.05) is 11.5 Å². The minimum absolute atomic E-state index is 1.08. The van der Waals surface area contributed by atoms with Crippen LogP contribution in [0.3, 0.4) is 0 Å². The summed E-state index contributed by atoms with van der Waals surface area (Å²) < 4.78 is 0. The zero-order chi connectivity index (χ0) is 7.14. The minimum Gasteiger partial charge on any atom is -0.120 e. The molecule has 0 aliphatic carbocycles. The largest absolute Gasteiger partial charge is 0.120 e. The van der Waals surface area contributed by atoms with E-state index >= 15 is 0 Å². The summed E-state index contributed by atoms with van der Waals surface area (Å²) in [4.78, 5) is 2.82. The van der Waals surface area contributed by atoms with Gasteiger partial charge in [0.1, 0.15) is 0 Å². The monoisotopic (exact) mass is 168 g/mol. The van der Waals surface area contributed by atoms with Gasteiger partial charge in [0.05, 0.1) is 0 Å². The molecule has 0 atom stereocenters. The fourth-order valence-electron chi connectivity index (χ4n) is 1.11. The summed E-state index contributed by atoms with van der Waals surface area (Å²) in [6.45, 7) is 7.98. The first-order valence-electron chi connectivity index (χ1n) is 3.15. The summed E-state index contributed by atoms with van der Waals surface area (Å²) in [6, 6.07) is 0. The van der Waals surface area contributed by atoms with E-state index in [1.807, 2.05) is 23.5 Å². The molecule has 2 aliphatic rings. The van der Waals surface area contributed by atoms with Crippen molar-refractivity contribution in [1.82, 2.24) is 0 Å². The van der Waals surface area contributed by atoms with E-state index in [0.717, 1.165) is 11.5 Å². The highest BCUT2D eigenvalue weighted by molar-refractivity contribution is 8.09. The fourth-order valence-corrected chi connectivity index (χ4v) is 3.67. The van der Waals surface area contributed by atoms with Crippen molar-refractivity contribution in [3.05, 3.63) is 34.1 Å². The highest BCUT2D eigenvalue weighted by atomic mass is 32.2. The molecular formula is C8H8S2. The first-order valence-corrected chi connectivity index (χ1v) is 5.12. The zero-order valence-electron chi connectivity index (χ0n) is 5.64. The Labute approximate surface area is 69.5 Å². The van der Waals surface area contributed by atoms with Crippen LogP contribution in [0.2, 0.25) is 0 Å². The van der Waals surface area contributed by atoms with Gasteiger partial charge in [0.15, 0.2) is 0 Å². The number of rotatable bonds is 0. The molecule has 2 rings (SSSR count). The summed E-state index contributed by atoms with van der Waals surface area (Å²) in [6.07, 6.45) is 0. The van der Waals surface area contributed by atoms with Crippen LogP contribution in [0.25, 0.3) is 0 Å². The Balaban J connectivity index is 2.43. The third-order valence-corrected chi connectivity index (χ3v) is 4.31. The molecule has 0 unspecified atom stereocenters. The predicted octanol–water partition coefficient (Wildman–Crippen LogP) is 2.80. The van der Waals surface area contributed by atoms with Gasteiger partial charge in [0, 0.05) is 21.3 Å². The molecule has 2 heteroatoms. The Morgan fingerprint density at radius 1 is 0.900 bits per heavy atom. The van der Waals surface area contributed by atoms with Crippen molar-refractivity contribution < 1.29 is 0 Å². The van der Waals surface area contributed by atoms with Crippen LogP contribution in [0.4, 0.5) is 0 Å². The Morgan fingerprint density at radius 2 is 1.30 bits per heavy atom. The minimum atomic E-state index is 1.08. The summed E-state index contributed by atoms with van der Waals surface area (Å²) >= 11 is 3.78. The van der Waals surface area contributed by atoms with Gasteiger partial charge in [-0.2, -0.15) is 0 Å². The van der Waals surface area contributed by atoms with E-state index in [1.54, 1.807) is 0 Å². The lowest BCUT2D eigenvalue weighted by Gasteiger charge is -1.96. The van der Waals surface area contributed by atoms with Gasteiger partial charge >= 0.3 is 0 Å². The predicted molar refractivity (Wildman–Crippen MR) is 50.2 cm³/mol. The topological polar surface area (TPSA) is 0 Å². The Bertz CT molecular complexity index is 222. The van der Waals surface area contributed by atoms with E-state index in [1.165, 1.54) is 21.0 Å². The van der Waals surface area contributed by atoms with Crippen LogP contribution in [0.1, 0.15) is 0 Å². The van der Waals surface area contributed by atoms with Gasteiger partial charge in [-0.3, -0.25) is 0 Å². The molecule has 0 bridgehead atoms. The molecule has 0 aromatic rings. The summed E-state index contributed by atoms with van der Waals surface area (Å²) in [5.41, 5.74) is 2.59. The van der Waals surface area contributed by atoms with Gasteiger partial charge in [-0.05, 0) is 11.1 Å². The third-order valence-electron chi connectivity index (χ3n) is 1.63. The van der Waals surface area contributed by atoms with Crippen molar-refractivity contribution in [1.29, 1.82) is 0 Å². The number of thioether (sulfide) groups is 2. The number of allylic oxidation sites excluding steroid dienone is 2. The maximum absolute atomic E-state index is 3.99. The quantitative estimate of drug-likeness (QED) is 0.545. The van der Waals surface area contributed by atoms with Crippen molar-refractivity contribution in [3.8, 4) is 0 Å². The molecule has 0 saturated carbocycles. The van der Waals surface area contributed by atoms with E-state index in [-0.39, 0.29) is 0 Å². The molecule has 0 spiro atoms. The molecule has 2 aliphatic heterocycles. The van der Waals surface area contributed by atoms with Crippen molar-refractivity contribution in [2.45, 2.75) is 0 Å². The Kier molecular flexibility index (Phi) is 1.46. The highest BCUT2D eigenvalue weighted by Gasteiger charge is 2.26. The van der Waals surface area contributed by atoms with Gasteiger partial charge < -0.3 is 0 Å². The molecule has 0 fully saturated rings. The van der Waals surface area contributed by atoms with Gasteiger partial charge in [-0.25, -0.2) is 0 Å². The molecule has 52 valence electrons. The molecule has 0 N–H and O–H groups in total. The van der Waals surface area contributed by atoms with Crippen LogP contribution in [-0.2, 0) is 0 Å². The fraction of sp³-hybridized carbons (Fsp3) is 0.250. The maximum Gasteiger partial charge on any atom is 0.0249 e. The lowest BCUT2D eigenvalue weighted by molar-refractivity contribution is 1.58. The Morgan fingerprint density at radius 3 is 1.70 bits per heavy atom. The molecule has 0 amide bonds. The molecule has 0 nitrogen and oxygen atoms in total. The smallest absolute Gasteiger partial charge is 0.0249 e. The van der Waals surface area contributed by atoms with Crippen LogP contribution in [0.5, 0.6) is 0 Å². The lowest BCUT2D eigenvalue weighted by atomic mass is 10.2. The number of hydrogen-bond acceptors (Lipinski definition) is 2. The standard InChI is InChI=1S/C8H8S2/c1-5-3-9-8-6(2)4-10-7(5)8/h1-4H2. The average Bonchev–Trinajstić information content (AvgIpc) is 2.41.